The summed E-state index contributed by atoms with van der Waals surface area (Å²) in [5.41, 5.74) is 1.19. The second-order valence-electron chi connectivity index (χ2n) is 9.85. The summed E-state index contributed by atoms with van der Waals surface area (Å²) < 4.78 is 47.2. The number of rotatable bonds is 6. The molecule has 12 heteroatoms. The van der Waals surface area contributed by atoms with Crippen LogP contribution in [0, 0.1) is 11.3 Å². The second-order valence-corrected chi connectivity index (χ2v) is 9.85. The summed E-state index contributed by atoms with van der Waals surface area (Å²) in [4.78, 5) is 15.4. The Hall–Kier alpha value is -3.59. The van der Waals surface area contributed by atoms with Gasteiger partial charge in [0.15, 0.2) is 0 Å². The number of nitrogens with zero attached hydrogens (tertiary/aromatic N) is 5. The fourth-order valence-electron chi connectivity index (χ4n) is 5.31. The first-order valence-electron chi connectivity index (χ1n) is 12.9. The molecule has 0 spiro atoms. The van der Waals surface area contributed by atoms with E-state index in [-0.39, 0.29) is 30.0 Å². The van der Waals surface area contributed by atoms with Gasteiger partial charge in [-0.25, -0.2) is 15.0 Å². The zero-order valence-electron chi connectivity index (χ0n) is 20.8. The van der Waals surface area contributed by atoms with Gasteiger partial charge in [-0.3, -0.25) is 0 Å². The average Bonchev–Trinajstić information content (AvgIpc) is 3.38. The molecule has 1 aliphatic carbocycles. The van der Waals surface area contributed by atoms with E-state index in [1.165, 1.54) is 12.1 Å². The van der Waals surface area contributed by atoms with Crippen LogP contribution in [-0.4, -0.2) is 60.1 Å². The summed E-state index contributed by atoms with van der Waals surface area (Å²) in [6, 6.07) is 8.93. The quantitative estimate of drug-likeness (QED) is 0.582. The van der Waals surface area contributed by atoms with Crippen LogP contribution in [0.5, 0.6) is 5.75 Å². The molecule has 4 atom stereocenters. The number of anilines is 1. The fraction of sp³-hybridized carbons (Fsp3) is 0.538. The molecular formula is C26H30F3N7O2. The van der Waals surface area contributed by atoms with Crippen molar-refractivity contribution >= 4 is 12.0 Å². The Morgan fingerprint density at radius 3 is 2.47 bits per heavy atom. The number of benzene rings is 1. The third kappa shape index (κ3) is 6.64. The molecule has 1 aromatic heterocycles. The molecule has 5 rings (SSSR count). The van der Waals surface area contributed by atoms with Crippen molar-refractivity contribution in [2.45, 2.75) is 69.1 Å². The van der Waals surface area contributed by atoms with Crippen molar-refractivity contribution in [1.82, 2.24) is 20.6 Å². The molecule has 9 nitrogen and oxygen atoms in total. The van der Waals surface area contributed by atoms with Gasteiger partial charge in [0.05, 0.1) is 24.5 Å². The number of alkyl halides is 3. The fourth-order valence-corrected chi connectivity index (χ4v) is 5.31. The van der Waals surface area contributed by atoms with E-state index in [9.17, 15) is 13.2 Å². The maximum atomic E-state index is 12.4. The first-order valence-corrected chi connectivity index (χ1v) is 12.9. The Labute approximate surface area is 219 Å². The van der Waals surface area contributed by atoms with Crippen LogP contribution in [-0.2, 0) is 4.74 Å². The highest BCUT2D eigenvalue weighted by molar-refractivity contribution is 5.76. The van der Waals surface area contributed by atoms with E-state index in [4.69, 9.17) is 10.00 Å². The van der Waals surface area contributed by atoms with Crippen LogP contribution < -0.4 is 20.3 Å². The van der Waals surface area contributed by atoms with E-state index in [1.54, 1.807) is 24.5 Å². The third-order valence-electron chi connectivity index (χ3n) is 7.14. The Bertz CT molecular complexity index is 1150. The lowest BCUT2D eigenvalue weighted by Gasteiger charge is -2.39. The minimum absolute atomic E-state index is 0.158. The van der Waals surface area contributed by atoms with Gasteiger partial charge in [0.25, 0.3) is 6.02 Å². The van der Waals surface area contributed by atoms with E-state index in [1.807, 2.05) is 0 Å². The van der Waals surface area contributed by atoms with Crippen molar-refractivity contribution in [3.63, 3.8) is 0 Å². The first-order chi connectivity index (χ1) is 18.4. The van der Waals surface area contributed by atoms with Gasteiger partial charge in [-0.1, -0.05) is 25.0 Å². The minimum atomic E-state index is -4.72. The van der Waals surface area contributed by atoms with E-state index in [0.717, 1.165) is 57.2 Å². The van der Waals surface area contributed by atoms with E-state index in [2.05, 4.69) is 41.3 Å². The van der Waals surface area contributed by atoms with Crippen LogP contribution in [0.2, 0.25) is 0 Å². The third-order valence-corrected chi connectivity index (χ3v) is 7.14. The SMILES string of the molecule is N#Cc1cnc(N2CCCC(NC3CCCCC3NC3=NCC(c4ccc(OC(F)(F)F)cc4)O3)C2)nc1. The molecule has 2 N–H and O–H groups in total. The zero-order chi connectivity index (χ0) is 26.5. The molecular weight excluding hydrogens is 499 g/mol. The monoisotopic (exact) mass is 529 g/mol. The molecule has 0 amide bonds. The molecule has 2 aliphatic heterocycles. The highest BCUT2D eigenvalue weighted by Gasteiger charge is 2.33. The van der Waals surface area contributed by atoms with Crippen LogP contribution in [0.15, 0.2) is 41.7 Å². The molecule has 2 aromatic rings. The Morgan fingerprint density at radius 2 is 1.76 bits per heavy atom. The Kier molecular flexibility index (Phi) is 7.83. The van der Waals surface area contributed by atoms with Gasteiger partial charge in [-0.2, -0.15) is 5.26 Å². The number of nitrogens with one attached hydrogen (secondary N) is 2. The first kappa shape index (κ1) is 26.0. The van der Waals surface area contributed by atoms with E-state index < -0.39 is 6.36 Å². The summed E-state index contributed by atoms with van der Waals surface area (Å²) in [5, 5.41) is 16.3. The lowest BCUT2D eigenvalue weighted by atomic mass is 9.89. The molecule has 3 heterocycles. The van der Waals surface area contributed by atoms with Gasteiger partial charge in [-0.05, 0) is 43.4 Å². The predicted molar refractivity (Wildman–Crippen MR) is 134 cm³/mol. The zero-order valence-corrected chi connectivity index (χ0v) is 20.8. The molecule has 202 valence electrons. The maximum absolute atomic E-state index is 12.4. The number of piperidine rings is 1. The van der Waals surface area contributed by atoms with E-state index >= 15 is 0 Å². The smallest absolute Gasteiger partial charge is 0.455 e. The molecule has 38 heavy (non-hydrogen) atoms. The van der Waals surface area contributed by atoms with Crippen molar-refractivity contribution in [2.75, 3.05) is 24.5 Å². The van der Waals surface area contributed by atoms with Crippen molar-refractivity contribution in [1.29, 1.82) is 5.26 Å². The van der Waals surface area contributed by atoms with Gasteiger partial charge < -0.3 is 25.0 Å². The maximum Gasteiger partial charge on any atom is 0.573 e. The summed E-state index contributed by atoms with van der Waals surface area (Å²) in [5.74, 6) is 0.383. The Balaban J connectivity index is 1.14. The van der Waals surface area contributed by atoms with Crippen LogP contribution in [0.4, 0.5) is 19.1 Å². The van der Waals surface area contributed by atoms with E-state index in [0.29, 0.717) is 24.1 Å². The molecule has 1 saturated carbocycles. The van der Waals surface area contributed by atoms with Crippen LogP contribution in [0.1, 0.15) is 55.8 Å². The summed E-state index contributed by atoms with van der Waals surface area (Å²) >= 11 is 0. The highest BCUT2D eigenvalue weighted by Crippen LogP contribution is 2.28. The number of hydrogen-bond acceptors (Lipinski definition) is 9. The molecule has 3 aliphatic rings. The lowest BCUT2D eigenvalue weighted by molar-refractivity contribution is -0.274. The minimum Gasteiger partial charge on any atom is -0.455 e. The van der Waals surface area contributed by atoms with Gasteiger partial charge in [0.2, 0.25) is 5.95 Å². The van der Waals surface area contributed by atoms with Crippen molar-refractivity contribution in [3.05, 3.63) is 47.8 Å². The Morgan fingerprint density at radius 1 is 1.03 bits per heavy atom. The van der Waals surface area contributed by atoms with Gasteiger partial charge in [0, 0.05) is 31.2 Å². The predicted octanol–water partition coefficient (Wildman–Crippen LogP) is 3.83. The van der Waals surface area contributed by atoms with Crippen LogP contribution in [0.3, 0.4) is 0 Å². The highest BCUT2D eigenvalue weighted by atomic mass is 19.4. The number of nitriles is 1. The molecule has 0 radical (unpaired) electrons. The summed E-state index contributed by atoms with van der Waals surface area (Å²) in [6.07, 6.45) is 4.41. The number of halogens is 3. The van der Waals surface area contributed by atoms with Crippen LogP contribution >= 0.6 is 0 Å². The standard InChI is InChI=1S/C26H30F3N7O2/c27-26(28,29)38-20-9-7-18(8-10-20)23-15-33-25(37-23)35-22-6-2-1-5-21(22)34-19-4-3-11-36(16-19)24-31-13-17(12-30)14-32-24/h7-10,13-14,19,21-23,34H,1-6,11,15-16H2,(H,33,35). The van der Waals surface area contributed by atoms with Crippen molar-refractivity contribution < 1.29 is 22.6 Å². The van der Waals surface area contributed by atoms with Gasteiger partial charge >= 0.3 is 6.36 Å². The van der Waals surface area contributed by atoms with Gasteiger partial charge in [0.1, 0.15) is 17.9 Å². The largest absolute Gasteiger partial charge is 0.573 e. The lowest BCUT2D eigenvalue weighted by Crippen LogP contribution is -2.57. The number of amidine groups is 1. The van der Waals surface area contributed by atoms with Crippen molar-refractivity contribution in [3.8, 4) is 11.8 Å². The molecule has 1 saturated heterocycles. The molecule has 0 bridgehead atoms. The second kappa shape index (κ2) is 11.4. The summed E-state index contributed by atoms with van der Waals surface area (Å²) in [6.45, 7) is 2.07. The molecule has 1 aromatic carbocycles. The number of aromatic nitrogens is 2. The normalized spacial score (nSPS) is 25.7. The topological polar surface area (TPSA) is 108 Å². The molecule has 4 unspecified atom stereocenters. The number of hydrogen-bond donors (Lipinski definition) is 2. The number of aliphatic imine (C=N–C) groups is 1. The van der Waals surface area contributed by atoms with Crippen LogP contribution in [0.25, 0.3) is 0 Å². The van der Waals surface area contributed by atoms with Crippen molar-refractivity contribution in [2.24, 2.45) is 4.99 Å². The summed E-state index contributed by atoms with van der Waals surface area (Å²) in [7, 11) is 0. The number of ether oxygens (including phenoxy) is 2. The average molecular weight is 530 g/mol. The van der Waals surface area contributed by atoms with Gasteiger partial charge in [-0.15, -0.1) is 13.2 Å². The molecule has 2 fully saturated rings.